The first-order valence-electron chi connectivity index (χ1n) is 4.91. The number of methoxy groups -OCH3 is 1. The Morgan fingerprint density at radius 3 is 3.07 bits per heavy atom. The fourth-order valence-corrected chi connectivity index (χ4v) is 2.58. The number of ether oxygens (including phenoxy) is 1. The highest BCUT2D eigenvalue weighted by atomic mass is 32.2. The third kappa shape index (κ3) is 2.65. The van der Waals surface area contributed by atoms with E-state index in [2.05, 4.69) is 16.4 Å². The van der Waals surface area contributed by atoms with Crippen molar-refractivity contribution in [2.24, 2.45) is 4.99 Å². The van der Waals surface area contributed by atoms with Crippen LogP contribution >= 0.6 is 11.8 Å². The molecule has 0 amide bonds. The van der Waals surface area contributed by atoms with Crippen LogP contribution in [0.2, 0.25) is 0 Å². The van der Waals surface area contributed by atoms with Gasteiger partial charge in [-0.3, -0.25) is 4.99 Å². The summed E-state index contributed by atoms with van der Waals surface area (Å²) in [6, 6.07) is 8.09. The Bertz CT molecular complexity index is 354. The SMILES string of the molecule is COc1ccccc1SC1CN=CNC1. The molecule has 15 heavy (non-hydrogen) atoms. The molecule has 2 rings (SSSR count). The van der Waals surface area contributed by atoms with Crippen molar-refractivity contribution in [2.75, 3.05) is 20.2 Å². The molecule has 1 aromatic rings. The number of nitrogens with zero attached hydrogens (tertiary/aromatic N) is 1. The van der Waals surface area contributed by atoms with E-state index in [9.17, 15) is 0 Å². The molecule has 1 atom stereocenters. The zero-order valence-electron chi connectivity index (χ0n) is 8.64. The van der Waals surface area contributed by atoms with Crippen molar-refractivity contribution >= 4 is 18.1 Å². The molecular weight excluding hydrogens is 208 g/mol. The zero-order chi connectivity index (χ0) is 10.5. The van der Waals surface area contributed by atoms with Crippen LogP contribution in [0.15, 0.2) is 34.2 Å². The Morgan fingerprint density at radius 2 is 2.33 bits per heavy atom. The van der Waals surface area contributed by atoms with Crippen LogP contribution in [0.4, 0.5) is 0 Å². The van der Waals surface area contributed by atoms with Crippen molar-refractivity contribution in [2.45, 2.75) is 10.1 Å². The van der Waals surface area contributed by atoms with Gasteiger partial charge in [-0.15, -0.1) is 11.8 Å². The lowest BCUT2D eigenvalue weighted by molar-refractivity contribution is 0.404. The molecule has 0 aromatic heterocycles. The molecule has 3 nitrogen and oxygen atoms in total. The Kier molecular flexibility index (Phi) is 3.50. The van der Waals surface area contributed by atoms with Crippen molar-refractivity contribution in [1.82, 2.24) is 5.32 Å². The Labute approximate surface area is 93.9 Å². The van der Waals surface area contributed by atoms with Crippen LogP contribution in [-0.4, -0.2) is 31.8 Å². The van der Waals surface area contributed by atoms with Crippen LogP contribution in [0.3, 0.4) is 0 Å². The van der Waals surface area contributed by atoms with Crippen molar-refractivity contribution in [3.63, 3.8) is 0 Å². The second-order valence-electron chi connectivity index (χ2n) is 3.29. The second-order valence-corrected chi connectivity index (χ2v) is 4.64. The van der Waals surface area contributed by atoms with Gasteiger partial charge >= 0.3 is 0 Å². The van der Waals surface area contributed by atoms with Gasteiger partial charge < -0.3 is 10.1 Å². The minimum Gasteiger partial charge on any atom is -0.496 e. The van der Waals surface area contributed by atoms with E-state index in [1.165, 1.54) is 4.90 Å². The molecule has 0 bridgehead atoms. The summed E-state index contributed by atoms with van der Waals surface area (Å²) in [4.78, 5) is 5.40. The average molecular weight is 222 g/mol. The van der Waals surface area contributed by atoms with E-state index in [1.807, 2.05) is 30.0 Å². The minimum atomic E-state index is 0.492. The van der Waals surface area contributed by atoms with Gasteiger partial charge in [0.25, 0.3) is 0 Å². The number of benzene rings is 1. The summed E-state index contributed by atoms with van der Waals surface area (Å²) in [5.41, 5.74) is 0. The second kappa shape index (κ2) is 5.07. The third-order valence-electron chi connectivity index (χ3n) is 2.20. The molecule has 0 fully saturated rings. The van der Waals surface area contributed by atoms with E-state index < -0.39 is 0 Å². The largest absolute Gasteiger partial charge is 0.496 e. The number of hydrogen-bond donors (Lipinski definition) is 1. The number of para-hydroxylation sites is 1. The molecule has 1 N–H and O–H groups in total. The number of hydrogen-bond acceptors (Lipinski definition) is 4. The lowest BCUT2D eigenvalue weighted by Crippen LogP contribution is -2.30. The molecule has 1 aromatic carbocycles. The number of thioether (sulfide) groups is 1. The van der Waals surface area contributed by atoms with Crippen LogP contribution in [0, 0.1) is 0 Å². The molecule has 1 aliphatic rings. The molecule has 0 saturated carbocycles. The van der Waals surface area contributed by atoms with Gasteiger partial charge in [0.05, 0.1) is 20.0 Å². The van der Waals surface area contributed by atoms with E-state index in [-0.39, 0.29) is 0 Å². The van der Waals surface area contributed by atoms with Crippen molar-refractivity contribution < 1.29 is 4.74 Å². The molecule has 0 spiro atoms. The maximum Gasteiger partial charge on any atom is 0.132 e. The quantitative estimate of drug-likeness (QED) is 0.846. The van der Waals surface area contributed by atoms with Crippen LogP contribution in [0.1, 0.15) is 0 Å². The van der Waals surface area contributed by atoms with Crippen molar-refractivity contribution in [1.29, 1.82) is 0 Å². The van der Waals surface area contributed by atoms with E-state index in [0.29, 0.717) is 5.25 Å². The lowest BCUT2D eigenvalue weighted by atomic mass is 10.3. The fraction of sp³-hybridized carbons (Fsp3) is 0.364. The fourth-order valence-electron chi connectivity index (χ4n) is 1.46. The Morgan fingerprint density at radius 1 is 1.47 bits per heavy atom. The predicted molar refractivity (Wildman–Crippen MR) is 64.0 cm³/mol. The van der Waals surface area contributed by atoms with Gasteiger partial charge in [-0.2, -0.15) is 0 Å². The average Bonchev–Trinajstić information content (AvgIpc) is 2.31. The lowest BCUT2D eigenvalue weighted by Gasteiger charge is -2.18. The maximum absolute atomic E-state index is 5.31. The van der Waals surface area contributed by atoms with E-state index in [0.717, 1.165) is 18.8 Å². The summed E-state index contributed by atoms with van der Waals surface area (Å²) < 4.78 is 5.31. The van der Waals surface area contributed by atoms with Gasteiger partial charge in [0.15, 0.2) is 0 Å². The third-order valence-corrected chi connectivity index (χ3v) is 3.44. The van der Waals surface area contributed by atoms with Gasteiger partial charge in [-0.05, 0) is 12.1 Å². The molecule has 0 radical (unpaired) electrons. The molecule has 1 heterocycles. The normalized spacial score (nSPS) is 19.7. The smallest absolute Gasteiger partial charge is 0.132 e. The van der Waals surface area contributed by atoms with Gasteiger partial charge in [0.2, 0.25) is 0 Å². The van der Waals surface area contributed by atoms with Crippen LogP contribution in [0.25, 0.3) is 0 Å². The number of aliphatic imine (C=N–C) groups is 1. The van der Waals surface area contributed by atoms with E-state index in [4.69, 9.17) is 4.74 Å². The Balaban J connectivity index is 2.06. The first-order chi connectivity index (χ1) is 7.40. The van der Waals surface area contributed by atoms with E-state index in [1.54, 1.807) is 13.4 Å². The van der Waals surface area contributed by atoms with Crippen LogP contribution in [-0.2, 0) is 0 Å². The standard InChI is InChI=1S/C11H14N2OS/c1-14-10-4-2-3-5-11(10)15-9-6-12-8-13-7-9/h2-5,8-9H,6-7H2,1H3,(H,12,13). The summed E-state index contributed by atoms with van der Waals surface area (Å²) in [5, 5.41) is 3.63. The summed E-state index contributed by atoms with van der Waals surface area (Å²) in [6.45, 7) is 1.84. The summed E-state index contributed by atoms with van der Waals surface area (Å²) in [6.07, 6.45) is 1.78. The van der Waals surface area contributed by atoms with Crippen LogP contribution < -0.4 is 10.1 Å². The highest BCUT2D eigenvalue weighted by molar-refractivity contribution is 8.00. The highest BCUT2D eigenvalue weighted by Gasteiger charge is 2.13. The number of rotatable bonds is 3. The van der Waals surface area contributed by atoms with Gasteiger partial charge in [-0.25, -0.2) is 0 Å². The summed E-state index contributed by atoms with van der Waals surface area (Å²) >= 11 is 1.81. The Hall–Kier alpha value is -1.16. The first-order valence-corrected chi connectivity index (χ1v) is 5.79. The molecule has 0 saturated heterocycles. The van der Waals surface area contributed by atoms with Gasteiger partial charge in [-0.1, -0.05) is 12.1 Å². The van der Waals surface area contributed by atoms with E-state index >= 15 is 0 Å². The number of nitrogens with one attached hydrogen (secondary N) is 1. The van der Waals surface area contributed by atoms with Gasteiger partial charge in [0.1, 0.15) is 5.75 Å². The molecular formula is C11H14N2OS. The minimum absolute atomic E-state index is 0.492. The monoisotopic (exact) mass is 222 g/mol. The van der Waals surface area contributed by atoms with Crippen molar-refractivity contribution in [3.8, 4) is 5.75 Å². The molecule has 4 heteroatoms. The van der Waals surface area contributed by atoms with Gasteiger partial charge in [0, 0.05) is 16.7 Å². The maximum atomic E-state index is 5.31. The predicted octanol–water partition coefficient (Wildman–Crippen LogP) is 1.79. The zero-order valence-corrected chi connectivity index (χ0v) is 9.46. The van der Waals surface area contributed by atoms with Crippen molar-refractivity contribution in [3.05, 3.63) is 24.3 Å². The molecule has 0 aliphatic carbocycles. The first kappa shape index (κ1) is 10.4. The molecule has 80 valence electrons. The summed E-state index contributed by atoms with van der Waals surface area (Å²) in [7, 11) is 1.71. The highest BCUT2D eigenvalue weighted by Crippen LogP contribution is 2.32. The topological polar surface area (TPSA) is 33.6 Å². The van der Waals surface area contributed by atoms with Crippen LogP contribution in [0.5, 0.6) is 5.75 Å². The molecule has 1 aliphatic heterocycles. The summed E-state index contributed by atoms with van der Waals surface area (Å²) in [5.74, 6) is 0.942. The molecule has 1 unspecified atom stereocenters.